The lowest BCUT2D eigenvalue weighted by Gasteiger charge is -2.24. The van der Waals surface area contributed by atoms with Gasteiger partial charge in [-0.15, -0.1) is 0 Å². The summed E-state index contributed by atoms with van der Waals surface area (Å²) >= 11 is 0. The summed E-state index contributed by atoms with van der Waals surface area (Å²) in [4.78, 5) is 27.0. The molecule has 3 rings (SSSR count). The number of amides is 2. The molecular formula is C28H36N2O4S. The van der Waals surface area contributed by atoms with Crippen molar-refractivity contribution in [1.82, 2.24) is 9.62 Å². The molecule has 188 valence electrons. The molecule has 6 nitrogen and oxygen atoms in total. The fraction of sp³-hybridized carbons (Fsp3) is 0.429. The Labute approximate surface area is 209 Å². The van der Waals surface area contributed by atoms with E-state index in [1.165, 1.54) is 25.7 Å². The SMILES string of the molecule is C=C(CN1C(=O)c2ccccc2C1=O)C(CCCCCCCCC)NS(=O)(=O)c1ccc(C)cc1. The Bertz CT molecular complexity index is 1120. The number of sulfonamides is 1. The summed E-state index contributed by atoms with van der Waals surface area (Å²) in [5.41, 5.74) is 2.21. The van der Waals surface area contributed by atoms with Gasteiger partial charge in [-0.1, -0.05) is 88.3 Å². The van der Waals surface area contributed by atoms with Crippen LogP contribution in [0.5, 0.6) is 0 Å². The number of rotatable bonds is 14. The van der Waals surface area contributed by atoms with Crippen molar-refractivity contribution in [2.75, 3.05) is 6.54 Å². The van der Waals surface area contributed by atoms with Crippen molar-refractivity contribution in [2.45, 2.75) is 76.2 Å². The van der Waals surface area contributed by atoms with Gasteiger partial charge in [0.15, 0.2) is 0 Å². The number of hydrogen-bond donors (Lipinski definition) is 1. The number of fused-ring (bicyclic) bond motifs is 1. The average molecular weight is 497 g/mol. The largest absolute Gasteiger partial charge is 0.270 e. The Morgan fingerprint density at radius 2 is 1.43 bits per heavy atom. The van der Waals surface area contributed by atoms with Gasteiger partial charge in [0.2, 0.25) is 10.0 Å². The first kappa shape index (κ1) is 26.8. The predicted octanol–water partition coefficient (Wildman–Crippen LogP) is 5.64. The summed E-state index contributed by atoms with van der Waals surface area (Å²) in [6.07, 6.45) is 8.29. The van der Waals surface area contributed by atoms with Crippen LogP contribution < -0.4 is 4.72 Å². The second-order valence-corrected chi connectivity index (χ2v) is 11.0. The fourth-order valence-corrected chi connectivity index (χ4v) is 5.61. The Hall–Kier alpha value is -2.77. The van der Waals surface area contributed by atoms with Gasteiger partial charge in [0.05, 0.1) is 22.6 Å². The Balaban J connectivity index is 1.70. The van der Waals surface area contributed by atoms with E-state index in [4.69, 9.17) is 0 Å². The van der Waals surface area contributed by atoms with E-state index >= 15 is 0 Å². The molecule has 35 heavy (non-hydrogen) atoms. The zero-order valence-corrected chi connectivity index (χ0v) is 21.6. The molecule has 1 heterocycles. The van der Waals surface area contributed by atoms with E-state index in [1.54, 1.807) is 48.5 Å². The molecule has 2 aromatic rings. The summed E-state index contributed by atoms with van der Waals surface area (Å²) in [6.45, 7) is 8.17. The first-order valence-electron chi connectivity index (χ1n) is 12.5. The number of unbranched alkanes of at least 4 members (excludes halogenated alkanes) is 6. The zero-order valence-electron chi connectivity index (χ0n) is 20.8. The highest BCUT2D eigenvalue weighted by Crippen LogP contribution is 2.25. The number of carbonyl (C=O) groups excluding carboxylic acids is 2. The maximum atomic E-state index is 13.1. The molecule has 1 aliphatic rings. The third kappa shape index (κ3) is 6.89. The van der Waals surface area contributed by atoms with Crippen molar-refractivity contribution >= 4 is 21.8 Å². The van der Waals surface area contributed by atoms with Crippen LogP contribution in [-0.2, 0) is 10.0 Å². The quantitative estimate of drug-likeness (QED) is 0.209. The van der Waals surface area contributed by atoms with Crippen LogP contribution in [0, 0.1) is 6.92 Å². The fourth-order valence-electron chi connectivity index (χ4n) is 4.32. The normalized spacial score (nSPS) is 14.3. The van der Waals surface area contributed by atoms with E-state index < -0.39 is 16.1 Å². The highest BCUT2D eigenvalue weighted by Gasteiger charge is 2.36. The van der Waals surface area contributed by atoms with Crippen LogP contribution in [0.15, 0.2) is 65.6 Å². The van der Waals surface area contributed by atoms with Crippen LogP contribution >= 0.6 is 0 Å². The molecule has 0 aromatic heterocycles. The van der Waals surface area contributed by atoms with Crippen LogP contribution in [0.3, 0.4) is 0 Å². The van der Waals surface area contributed by atoms with Gasteiger partial charge in [0.25, 0.3) is 11.8 Å². The Kier molecular flexibility index (Phi) is 9.40. The van der Waals surface area contributed by atoms with Crippen LogP contribution in [-0.4, -0.2) is 37.7 Å². The average Bonchev–Trinajstić information content (AvgIpc) is 3.08. The van der Waals surface area contributed by atoms with Crippen LogP contribution in [0.2, 0.25) is 0 Å². The third-order valence-corrected chi connectivity index (χ3v) is 7.94. The lowest BCUT2D eigenvalue weighted by Crippen LogP contribution is -2.41. The standard InChI is InChI=1S/C28H36N2O4S/c1-4-5-6-7-8-9-10-15-26(29-35(33,34)23-18-16-21(2)17-19-23)22(3)20-30-27(31)24-13-11-12-14-25(24)28(30)32/h11-14,16-19,26,29H,3-10,15,20H2,1-2H3. The van der Waals surface area contributed by atoms with Gasteiger partial charge in [-0.2, -0.15) is 0 Å². The second-order valence-electron chi connectivity index (χ2n) is 9.30. The highest BCUT2D eigenvalue weighted by molar-refractivity contribution is 7.89. The predicted molar refractivity (Wildman–Crippen MR) is 139 cm³/mol. The lowest BCUT2D eigenvalue weighted by atomic mass is 10.0. The summed E-state index contributed by atoms with van der Waals surface area (Å²) in [5, 5.41) is 0. The number of nitrogens with one attached hydrogen (secondary N) is 1. The summed E-state index contributed by atoms with van der Waals surface area (Å²) in [6, 6.07) is 12.8. The zero-order chi connectivity index (χ0) is 25.4. The van der Waals surface area contributed by atoms with Gasteiger partial charge < -0.3 is 0 Å². The van der Waals surface area contributed by atoms with Gasteiger partial charge in [-0.25, -0.2) is 13.1 Å². The minimum absolute atomic E-state index is 0.0239. The van der Waals surface area contributed by atoms with E-state index in [0.717, 1.165) is 29.7 Å². The minimum atomic E-state index is -3.79. The van der Waals surface area contributed by atoms with E-state index in [9.17, 15) is 18.0 Å². The molecule has 0 bridgehead atoms. The Morgan fingerprint density at radius 3 is 2.00 bits per heavy atom. The Morgan fingerprint density at radius 1 is 0.886 bits per heavy atom. The number of carbonyl (C=O) groups is 2. The molecule has 0 spiro atoms. The maximum Gasteiger partial charge on any atom is 0.261 e. The van der Waals surface area contributed by atoms with Crippen LogP contribution in [0.1, 0.15) is 84.6 Å². The monoisotopic (exact) mass is 496 g/mol. The maximum absolute atomic E-state index is 13.1. The molecular weight excluding hydrogens is 460 g/mol. The number of aryl methyl sites for hydroxylation is 1. The van der Waals surface area contributed by atoms with Crippen molar-refractivity contribution in [3.63, 3.8) is 0 Å². The van der Waals surface area contributed by atoms with E-state index in [-0.39, 0.29) is 23.3 Å². The summed E-state index contributed by atoms with van der Waals surface area (Å²) in [5.74, 6) is -0.745. The third-order valence-electron chi connectivity index (χ3n) is 6.46. The van der Waals surface area contributed by atoms with Crippen molar-refractivity contribution in [3.8, 4) is 0 Å². The molecule has 2 aromatic carbocycles. The number of nitrogens with zero attached hydrogens (tertiary/aromatic N) is 1. The molecule has 2 amide bonds. The van der Waals surface area contributed by atoms with Crippen molar-refractivity contribution < 1.29 is 18.0 Å². The van der Waals surface area contributed by atoms with Gasteiger partial charge in [0.1, 0.15) is 0 Å². The molecule has 0 saturated heterocycles. The minimum Gasteiger partial charge on any atom is -0.270 e. The van der Waals surface area contributed by atoms with Gasteiger partial charge in [0, 0.05) is 6.04 Å². The van der Waals surface area contributed by atoms with Crippen molar-refractivity contribution in [2.24, 2.45) is 0 Å². The van der Waals surface area contributed by atoms with E-state index in [1.807, 2.05) is 6.92 Å². The second kappa shape index (κ2) is 12.3. The first-order chi connectivity index (χ1) is 16.7. The van der Waals surface area contributed by atoms with Crippen LogP contribution in [0.4, 0.5) is 0 Å². The lowest BCUT2D eigenvalue weighted by molar-refractivity contribution is 0.0666. The molecule has 1 N–H and O–H groups in total. The molecule has 1 atom stereocenters. The number of hydrogen-bond acceptors (Lipinski definition) is 4. The molecule has 0 aliphatic carbocycles. The van der Waals surface area contributed by atoms with E-state index in [0.29, 0.717) is 23.1 Å². The van der Waals surface area contributed by atoms with Crippen molar-refractivity contribution in [1.29, 1.82) is 0 Å². The molecule has 0 saturated carbocycles. The van der Waals surface area contributed by atoms with Gasteiger partial charge >= 0.3 is 0 Å². The molecule has 1 unspecified atom stereocenters. The molecule has 0 fully saturated rings. The smallest absolute Gasteiger partial charge is 0.261 e. The summed E-state index contributed by atoms with van der Waals surface area (Å²) < 4.78 is 29.0. The van der Waals surface area contributed by atoms with Crippen LogP contribution in [0.25, 0.3) is 0 Å². The highest BCUT2D eigenvalue weighted by atomic mass is 32.2. The van der Waals surface area contributed by atoms with E-state index in [2.05, 4.69) is 18.2 Å². The van der Waals surface area contributed by atoms with Gasteiger partial charge in [-0.05, 0) is 43.2 Å². The van der Waals surface area contributed by atoms with Crippen molar-refractivity contribution in [3.05, 3.63) is 77.4 Å². The topological polar surface area (TPSA) is 83.6 Å². The molecule has 1 aliphatic heterocycles. The number of imide groups is 1. The molecule has 0 radical (unpaired) electrons. The summed E-state index contributed by atoms with van der Waals surface area (Å²) in [7, 11) is -3.79. The van der Waals surface area contributed by atoms with Gasteiger partial charge in [-0.3, -0.25) is 14.5 Å². The number of benzene rings is 2. The first-order valence-corrected chi connectivity index (χ1v) is 13.9. The molecule has 7 heteroatoms.